The maximum Gasteiger partial charge on any atom is 0.129 e. The van der Waals surface area contributed by atoms with Crippen LogP contribution >= 0.6 is 0 Å². The summed E-state index contributed by atoms with van der Waals surface area (Å²) in [5, 5.41) is 0. The quantitative estimate of drug-likeness (QED) is 0.420. The SMILES string of the molecule is CCCCC[C@H]1CC[C@H](c2ccc(CCc3c(F)cccc3F)cc2)CC1. The molecule has 27 heavy (non-hydrogen) atoms. The Morgan fingerprint density at radius 1 is 0.815 bits per heavy atom. The number of halogens is 2. The van der Waals surface area contributed by atoms with Crippen LogP contribution < -0.4 is 0 Å². The van der Waals surface area contributed by atoms with Gasteiger partial charge in [0, 0.05) is 5.56 Å². The molecule has 0 amide bonds. The van der Waals surface area contributed by atoms with E-state index in [-0.39, 0.29) is 5.56 Å². The van der Waals surface area contributed by atoms with Crippen molar-refractivity contribution in [2.45, 2.75) is 77.0 Å². The molecule has 2 heteroatoms. The molecule has 0 aliphatic heterocycles. The van der Waals surface area contributed by atoms with Crippen molar-refractivity contribution in [2.75, 3.05) is 0 Å². The molecule has 0 nitrogen and oxygen atoms in total. The number of rotatable bonds is 8. The van der Waals surface area contributed by atoms with Crippen molar-refractivity contribution in [1.29, 1.82) is 0 Å². The van der Waals surface area contributed by atoms with Gasteiger partial charge in [-0.25, -0.2) is 8.78 Å². The van der Waals surface area contributed by atoms with Crippen molar-refractivity contribution in [3.63, 3.8) is 0 Å². The fraction of sp³-hybridized carbons (Fsp3) is 0.520. The molecule has 1 aliphatic carbocycles. The number of unbranched alkanes of at least 4 members (excludes halogenated alkanes) is 2. The fourth-order valence-corrected chi connectivity index (χ4v) is 4.46. The van der Waals surface area contributed by atoms with Gasteiger partial charge in [-0.05, 0) is 73.6 Å². The molecule has 0 aromatic heterocycles. The number of benzene rings is 2. The van der Waals surface area contributed by atoms with Gasteiger partial charge in [-0.3, -0.25) is 0 Å². The summed E-state index contributed by atoms with van der Waals surface area (Å²) in [4.78, 5) is 0. The lowest BCUT2D eigenvalue weighted by molar-refractivity contribution is 0.303. The third-order valence-electron chi connectivity index (χ3n) is 6.24. The minimum absolute atomic E-state index is 0.197. The Hall–Kier alpha value is -1.70. The first-order valence-electron chi connectivity index (χ1n) is 10.7. The van der Waals surface area contributed by atoms with Crippen LogP contribution in [-0.2, 0) is 12.8 Å². The van der Waals surface area contributed by atoms with Crippen molar-refractivity contribution in [2.24, 2.45) is 5.92 Å². The van der Waals surface area contributed by atoms with Gasteiger partial charge in [0.1, 0.15) is 11.6 Å². The monoisotopic (exact) mass is 370 g/mol. The summed E-state index contributed by atoms with van der Waals surface area (Å²) in [6.07, 6.45) is 11.9. The second-order valence-corrected chi connectivity index (χ2v) is 8.16. The second-order valence-electron chi connectivity index (χ2n) is 8.16. The molecule has 0 atom stereocenters. The summed E-state index contributed by atoms with van der Waals surface area (Å²) >= 11 is 0. The van der Waals surface area contributed by atoms with E-state index in [4.69, 9.17) is 0 Å². The zero-order valence-corrected chi connectivity index (χ0v) is 16.5. The van der Waals surface area contributed by atoms with Gasteiger partial charge in [-0.1, -0.05) is 62.9 Å². The summed E-state index contributed by atoms with van der Waals surface area (Å²) in [5.74, 6) is 0.734. The number of aryl methyl sites for hydroxylation is 1. The van der Waals surface area contributed by atoms with Crippen LogP contribution in [0.1, 0.15) is 80.9 Å². The van der Waals surface area contributed by atoms with Gasteiger partial charge in [0.25, 0.3) is 0 Å². The molecule has 0 saturated heterocycles. The maximum atomic E-state index is 13.7. The highest BCUT2D eigenvalue weighted by atomic mass is 19.1. The minimum Gasteiger partial charge on any atom is -0.207 e. The molecule has 2 aromatic rings. The molecule has 3 rings (SSSR count). The Kier molecular flexibility index (Phi) is 7.43. The Bertz CT molecular complexity index is 677. The highest BCUT2D eigenvalue weighted by Gasteiger charge is 2.22. The molecule has 0 heterocycles. The topological polar surface area (TPSA) is 0 Å². The number of hydrogen-bond donors (Lipinski definition) is 0. The first-order chi connectivity index (χ1) is 13.2. The Balaban J connectivity index is 1.49. The molecule has 0 spiro atoms. The zero-order chi connectivity index (χ0) is 19.1. The molecule has 2 aromatic carbocycles. The highest BCUT2D eigenvalue weighted by molar-refractivity contribution is 5.27. The van der Waals surface area contributed by atoms with E-state index in [0.29, 0.717) is 18.8 Å². The van der Waals surface area contributed by atoms with Crippen LogP contribution in [0.2, 0.25) is 0 Å². The summed E-state index contributed by atoms with van der Waals surface area (Å²) in [6, 6.07) is 12.8. The Labute approximate surface area is 163 Å². The lowest BCUT2D eigenvalue weighted by atomic mass is 9.77. The summed E-state index contributed by atoms with van der Waals surface area (Å²) in [5.41, 5.74) is 2.78. The van der Waals surface area contributed by atoms with Gasteiger partial charge in [0.15, 0.2) is 0 Å². The molecular formula is C25H32F2. The molecule has 146 valence electrons. The van der Waals surface area contributed by atoms with Crippen LogP contribution in [0, 0.1) is 17.6 Å². The van der Waals surface area contributed by atoms with Crippen LogP contribution in [0.15, 0.2) is 42.5 Å². The second kappa shape index (κ2) is 10.0. The summed E-state index contributed by atoms with van der Waals surface area (Å²) < 4.78 is 27.5. The van der Waals surface area contributed by atoms with Crippen LogP contribution in [0.25, 0.3) is 0 Å². The van der Waals surface area contributed by atoms with Crippen LogP contribution in [0.3, 0.4) is 0 Å². The molecule has 1 aliphatic rings. The normalized spacial score (nSPS) is 20.0. The summed E-state index contributed by atoms with van der Waals surface area (Å²) in [6.45, 7) is 2.27. The lowest BCUT2D eigenvalue weighted by Crippen LogP contribution is -2.13. The predicted molar refractivity (Wildman–Crippen MR) is 109 cm³/mol. The van der Waals surface area contributed by atoms with Crippen molar-refractivity contribution in [1.82, 2.24) is 0 Å². The van der Waals surface area contributed by atoms with E-state index in [2.05, 4.69) is 31.2 Å². The van der Waals surface area contributed by atoms with E-state index in [1.54, 1.807) is 0 Å². The van der Waals surface area contributed by atoms with E-state index in [9.17, 15) is 8.78 Å². The van der Waals surface area contributed by atoms with Crippen molar-refractivity contribution in [3.05, 3.63) is 70.8 Å². The van der Waals surface area contributed by atoms with Crippen LogP contribution in [-0.4, -0.2) is 0 Å². The maximum absolute atomic E-state index is 13.7. The first-order valence-corrected chi connectivity index (χ1v) is 10.7. The molecule has 0 bridgehead atoms. The van der Waals surface area contributed by atoms with Crippen molar-refractivity contribution >= 4 is 0 Å². The largest absolute Gasteiger partial charge is 0.207 e. The van der Waals surface area contributed by atoms with E-state index >= 15 is 0 Å². The van der Waals surface area contributed by atoms with E-state index in [1.807, 2.05) is 0 Å². The van der Waals surface area contributed by atoms with Crippen molar-refractivity contribution < 1.29 is 8.78 Å². The van der Waals surface area contributed by atoms with Gasteiger partial charge in [-0.15, -0.1) is 0 Å². The predicted octanol–water partition coefficient (Wildman–Crippen LogP) is 7.60. The molecule has 0 radical (unpaired) electrons. The average Bonchev–Trinajstić information content (AvgIpc) is 2.69. The van der Waals surface area contributed by atoms with Gasteiger partial charge in [0.05, 0.1) is 0 Å². The standard InChI is InChI=1S/C25H32F2/c1-2-3-4-6-19-9-14-21(15-10-19)22-16-11-20(12-17-22)13-18-23-24(26)7-5-8-25(23)27/h5,7-8,11-12,16-17,19,21H,2-4,6,9-10,13-15,18H2,1H3/t19-,21-. The molecule has 0 unspecified atom stereocenters. The van der Waals surface area contributed by atoms with Gasteiger partial charge in [0.2, 0.25) is 0 Å². The van der Waals surface area contributed by atoms with Crippen molar-refractivity contribution in [3.8, 4) is 0 Å². The molecule has 0 N–H and O–H groups in total. The third kappa shape index (κ3) is 5.64. The van der Waals surface area contributed by atoms with E-state index in [0.717, 1.165) is 11.5 Å². The van der Waals surface area contributed by atoms with Gasteiger partial charge < -0.3 is 0 Å². The van der Waals surface area contributed by atoms with E-state index in [1.165, 1.54) is 75.1 Å². The molecule has 1 saturated carbocycles. The van der Waals surface area contributed by atoms with Crippen LogP contribution in [0.5, 0.6) is 0 Å². The molecular weight excluding hydrogens is 338 g/mol. The highest BCUT2D eigenvalue weighted by Crippen LogP contribution is 2.37. The summed E-state index contributed by atoms with van der Waals surface area (Å²) in [7, 11) is 0. The Morgan fingerprint density at radius 3 is 2.11 bits per heavy atom. The van der Waals surface area contributed by atoms with Crippen LogP contribution in [0.4, 0.5) is 8.78 Å². The van der Waals surface area contributed by atoms with E-state index < -0.39 is 11.6 Å². The smallest absolute Gasteiger partial charge is 0.129 e. The first kappa shape index (κ1) is 20.0. The fourth-order valence-electron chi connectivity index (χ4n) is 4.46. The van der Waals surface area contributed by atoms with Gasteiger partial charge in [-0.2, -0.15) is 0 Å². The zero-order valence-electron chi connectivity index (χ0n) is 16.5. The Morgan fingerprint density at radius 2 is 1.48 bits per heavy atom. The van der Waals surface area contributed by atoms with Gasteiger partial charge >= 0.3 is 0 Å². The number of hydrogen-bond acceptors (Lipinski definition) is 0. The molecule has 1 fully saturated rings. The lowest BCUT2D eigenvalue weighted by Gasteiger charge is -2.29. The average molecular weight is 371 g/mol. The third-order valence-corrected chi connectivity index (χ3v) is 6.24. The minimum atomic E-state index is -0.442.